The number of hydrogen-bond donors (Lipinski definition) is 2. The lowest BCUT2D eigenvalue weighted by molar-refractivity contribution is 0.0490. The standard InChI is InChI=1S/C21H31N3O4/c1-21(2,3)28-20(26)23-14-5-7-15(8-6-14)24-10-9-13-11-17(22)16(12-18(13)24)19(25)27-4/h11-12,14-15H,5-10,22H2,1-4H3,(H,23,26). The highest BCUT2D eigenvalue weighted by Gasteiger charge is 2.32. The van der Waals surface area contributed by atoms with Crippen LogP contribution in [0.1, 0.15) is 62.4 Å². The van der Waals surface area contributed by atoms with Crippen LogP contribution in [0.3, 0.4) is 0 Å². The number of nitrogens with one attached hydrogen (secondary N) is 1. The van der Waals surface area contributed by atoms with Gasteiger partial charge in [0.15, 0.2) is 0 Å². The zero-order chi connectivity index (χ0) is 20.5. The van der Waals surface area contributed by atoms with Crippen LogP contribution in [-0.2, 0) is 15.9 Å². The van der Waals surface area contributed by atoms with Crippen LogP contribution in [-0.4, -0.2) is 43.4 Å². The van der Waals surface area contributed by atoms with Crippen molar-refractivity contribution in [1.29, 1.82) is 0 Å². The van der Waals surface area contributed by atoms with Gasteiger partial charge in [-0.3, -0.25) is 0 Å². The van der Waals surface area contributed by atoms with Crippen LogP contribution in [0, 0.1) is 0 Å². The third kappa shape index (κ3) is 4.51. The summed E-state index contributed by atoms with van der Waals surface area (Å²) in [5.74, 6) is -0.405. The van der Waals surface area contributed by atoms with Crippen LogP contribution in [0.15, 0.2) is 12.1 Å². The molecule has 7 nitrogen and oxygen atoms in total. The van der Waals surface area contributed by atoms with Gasteiger partial charge in [-0.25, -0.2) is 9.59 Å². The highest BCUT2D eigenvalue weighted by atomic mass is 16.6. The molecule has 1 aliphatic heterocycles. The highest BCUT2D eigenvalue weighted by Crippen LogP contribution is 2.37. The molecular formula is C21H31N3O4. The van der Waals surface area contributed by atoms with E-state index in [0.29, 0.717) is 17.3 Å². The van der Waals surface area contributed by atoms with E-state index in [2.05, 4.69) is 10.2 Å². The summed E-state index contributed by atoms with van der Waals surface area (Å²) in [6.07, 6.45) is 4.37. The maximum Gasteiger partial charge on any atom is 0.407 e. The summed E-state index contributed by atoms with van der Waals surface area (Å²) in [6.45, 7) is 6.52. The maximum atomic E-state index is 12.0. The lowest BCUT2D eigenvalue weighted by Crippen LogP contribution is -2.45. The molecule has 3 N–H and O–H groups in total. The van der Waals surface area contributed by atoms with E-state index in [0.717, 1.165) is 44.3 Å². The van der Waals surface area contributed by atoms with Crippen molar-refractivity contribution in [2.45, 2.75) is 70.6 Å². The largest absolute Gasteiger partial charge is 0.465 e. The smallest absolute Gasteiger partial charge is 0.407 e. The van der Waals surface area contributed by atoms with E-state index in [4.69, 9.17) is 15.2 Å². The van der Waals surface area contributed by atoms with Gasteiger partial charge in [0.2, 0.25) is 0 Å². The summed E-state index contributed by atoms with van der Waals surface area (Å²) >= 11 is 0. The van der Waals surface area contributed by atoms with Crippen molar-refractivity contribution in [2.75, 3.05) is 24.3 Å². The molecular weight excluding hydrogens is 358 g/mol. The summed E-state index contributed by atoms with van der Waals surface area (Å²) < 4.78 is 10.2. The van der Waals surface area contributed by atoms with Gasteiger partial charge in [-0.05, 0) is 70.6 Å². The van der Waals surface area contributed by atoms with Crippen molar-refractivity contribution in [3.63, 3.8) is 0 Å². The Labute approximate surface area is 166 Å². The van der Waals surface area contributed by atoms with Gasteiger partial charge in [0.05, 0.1) is 12.7 Å². The second kappa shape index (κ2) is 7.89. The Morgan fingerprint density at radius 2 is 1.86 bits per heavy atom. The minimum absolute atomic E-state index is 0.144. The quantitative estimate of drug-likeness (QED) is 0.609. The summed E-state index contributed by atoms with van der Waals surface area (Å²) in [5.41, 5.74) is 8.70. The molecule has 2 aliphatic rings. The zero-order valence-electron chi connectivity index (χ0n) is 17.2. The van der Waals surface area contributed by atoms with E-state index in [1.54, 1.807) is 0 Å². The Kier molecular flexibility index (Phi) is 5.72. The van der Waals surface area contributed by atoms with Crippen molar-refractivity contribution in [1.82, 2.24) is 5.32 Å². The molecule has 1 aromatic rings. The number of fused-ring (bicyclic) bond motifs is 1. The number of ether oxygens (including phenoxy) is 2. The lowest BCUT2D eigenvalue weighted by atomic mass is 9.90. The van der Waals surface area contributed by atoms with Gasteiger partial charge < -0.3 is 25.4 Å². The second-order valence-corrected chi connectivity index (χ2v) is 8.65. The molecule has 0 saturated heterocycles. The van der Waals surface area contributed by atoms with Gasteiger partial charge in [0.1, 0.15) is 5.60 Å². The zero-order valence-corrected chi connectivity index (χ0v) is 17.2. The summed E-state index contributed by atoms with van der Waals surface area (Å²) in [4.78, 5) is 26.4. The number of nitrogen functional groups attached to an aromatic ring is 1. The summed E-state index contributed by atoms with van der Waals surface area (Å²) in [7, 11) is 1.37. The first-order chi connectivity index (χ1) is 13.2. The van der Waals surface area contributed by atoms with Gasteiger partial charge in [-0.2, -0.15) is 0 Å². The van der Waals surface area contributed by atoms with E-state index < -0.39 is 11.6 Å². The van der Waals surface area contributed by atoms with Crippen molar-refractivity contribution >= 4 is 23.4 Å². The minimum atomic E-state index is -0.486. The molecule has 0 spiro atoms. The van der Waals surface area contributed by atoms with Crippen LogP contribution in [0.2, 0.25) is 0 Å². The van der Waals surface area contributed by atoms with Crippen LogP contribution in [0.5, 0.6) is 0 Å². The molecule has 3 rings (SSSR count). The summed E-state index contributed by atoms with van der Waals surface area (Å²) in [6, 6.07) is 4.31. The molecule has 1 amide bonds. The molecule has 0 bridgehead atoms. The first-order valence-electron chi connectivity index (χ1n) is 9.95. The van der Waals surface area contributed by atoms with Crippen molar-refractivity contribution < 1.29 is 19.1 Å². The number of benzene rings is 1. The Morgan fingerprint density at radius 1 is 1.18 bits per heavy atom. The first kappa shape index (κ1) is 20.3. The number of anilines is 2. The number of carbonyl (C=O) groups excluding carboxylic acids is 2. The minimum Gasteiger partial charge on any atom is -0.465 e. The van der Waals surface area contributed by atoms with Crippen LogP contribution >= 0.6 is 0 Å². The Hall–Kier alpha value is -2.44. The number of methoxy groups -OCH3 is 1. The van der Waals surface area contributed by atoms with Gasteiger partial charge in [0.25, 0.3) is 0 Å². The normalized spacial score (nSPS) is 21.8. The predicted molar refractivity (Wildman–Crippen MR) is 109 cm³/mol. The number of carbonyl (C=O) groups is 2. The third-order valence-electron chi connectivity index (χ3n) is 5.45. The Bertz CT molecular complexity index is 749. The number of alkyl carbamates (subject to hydrolysis) is 1. The van der Waals surface area contributed by atoms with Crippen LogP contribution in [0.25, 0.3) is 0 Å². The fourth-order valence-electron chi connectivity index (χ4n) is 4.15. The number of rotatable bonds is 3. The van der Waals surface area contributed by atoms with Gasteiger partial charge in [0, 0.05) is 30.0 Å². The second-order valence-electron chi connectivity index (χ2n) is 8.65. The Balaban J connectivity index is 1.62. The third-order valence-corrected chi connectivity index (χ3v) is 5.45. The van der Waals surface area contributed by atoms with Crippen molar-refractivity contribution in [2.24, 2.45) is 0 Å². The number of amides is 1. The van der Waals surface area contributed by atoms with Crippen LogP contribution in [0.4, 0.5) is 16.2 Å². The fraction of sp³-hybridized carbons (Fsp3) is 0.619. The van der Waals surface area contributed by atoms with Gasteiger partial charge >= 0.3 is 12.1 Å². The van der Waals surface area contributed by atoms with E-state index in [1.807, 2.05) is 32.9 Å². The van der Waals surface area contributed by atoms with Crippen molar-refractivity contribution in [3.8, 4) is 0 Å². The Morgan fingerprint density at radius 3 is 2.46 bits per heavy atom. The fourth-order valence-corrected chi connectivity index (χ4v) is 4.15. The number of nitrogens with two attached hydrogens (primary N) is 1. The SMILES string of the molecule is COC(=O)c1cc2c(cc1N)CCN2C1CCC(NC(=O)OC(C)(C)C)CC1. The monoisotopic (exact) mass is 389 g/mol. The average Bonchev–Trinajstić information content (AvgIpc) is 3.02. The molecule has 1 saturated carbocycles. The van der Waals surface area contributed by atoms with E-state index in [1.165, 1.54) is 12.7 Å². The molecule has 154 valence electrons. The molecule has 0 unspecified atom stereocenters. The molecule has 0 radical (unpaired) electrons. The van der Waals surface area contributed by atoms with E-state index >= 15 is 0 Å². The number of esters is 1. The number of hydrogen-bond acceptors (Lipinski definition) is 6. The van der Waals surface area contributed by atoms with E-state index in [9.17, 15) is 9.59 Å². The molecule has 1 aliphatic carbocycles. The van der Waals surface area contributed by atoms with Crippen molar-refractivity contribution in [3.05, 3.63) is 23.3 Å². The maximum absolute atomic E-state index is 12.0. The molecule has 7 heteroatoms. The number of nitrogens with zero attached hydrogens (tertiary/aromatic N) is 1. The van der Waals surface area contributed by atoms with Gasteiger partial charge in [-0.1, -0.05) is 0 Å². The predicted octanol–water partition coefficient (Wildman–Crippen LogP) is 3.25. The molecule has 0 aromatic heterocycles. The molecule has 1 heterocycles. The van der Waals surface area contributed by atoms with Gasteiger partial charge in [-0.15, -0.1) is 0 Å². The molecule has 1 aromatic carbocycles. The molecule has 0 atom stereocenters. The lowest BCUT2D eigenvalue weighted by Gasteiger charge is -2.36. The van der Waals surface area contributed by atoms with Crippen LogP contribution < -0.4 is 16.0 Å². The topological polar surface area (TPSA) is 93.9 Å². The van der Waals surface area contributed by atoms with E-state index in [-0.39, 0.29) is 12.1 Å². The highest BCUT2D eigenvalue weighted by molar-refractivity contribution is 5.97. The summed E-state index contributed by atoms with van der Waals surface area (Å²) in [5, 5.41) is 2.99. The molecule has 28 heavy (non-hydrogen) atoms. The first-order valence-corrected chi connectivity index (χ1v) is 9.95. The average molecular weight is 389 g/mol. The molecule has 1 fully saturated rings.